The topological polar surface area (TPSA) is 95.9 Å². The van der Waals surface area contributed by atoms with Gasteiger partial charge in [0.2, 0.25) is 11.8 Å². The number of carbonyl (C=O) groups is 3. The Balaban J connectivity index is 1.57. The average Bonchev–Trinajstić information content (AvgIpc) is 2.75. The van der Waals surface area contributed by atoms with Gasteiger partial charge in [-0.05, 0) is 23.8 Å². The van der Waals surface area contributed by atoms with Gasteiger partial charge in [-0.2, -0.15) is 0 Å². The summed E-state index contributed by atoms with van der Waals surface area (Å²) < 4.78 is 5.11. The van der Waals surface area contributed by atoms with E-state index in [-0.39, 0.29) is 50.8 Å². The molecule has 160 valence electrons. The molecule has 3 rings (SSSR count). The van der Waals surface area contributed by atoms with E-state index in [1.165, 1.54) is 0 Å². The number of benzene rings is 2. The standard InChI is InChI=1S/C24H24N2O5/c27-22(12-15-31-16-13-24(29)30)25-14-11-23(28)26-17-20-7-2-1-5-18(20)9-10-19-6-3-4-8-21(19)26/h1-8H,11-17H2,(H,25,27)(H,29,30). The number of hydrogen-bond acceptors (Lipinski definition) is 4. The Morgan fingerprint density at radius 3 is 2.42 bits per heavy atom. The van der Waals surface area contributed by atoms with Gasteiger partial charge in [0.05, 0.1) is 31.9 Å². The third kappa shape index (κ3) is 6.43. The van der Waals surface area contributed by atoms with Crippen LogP contribution < -0.4 is 10.2 Å². The van der Waals surface area contributed by atoms with Gasteiger partial charge in [0, 0.05) is 30.5 Å². The molecule has 0 saturated carbocycles. The zero-order chi connectivity index (χ0) is 22.1. The van der Waals surface area contributed by atoms with Crippen LogP contribution in [0.3, 0.4) is 0 Å². The molecule has 0 saturated heterocycles. The van der Waals surface area contributed by atoms with E-state index >= 15 is 0 Å². The Bertz CT molecular complexity index is 1020. The lowest BCUT2D eigenvalue weighted by atomic mass is 10.0. The third-order valence-corrected chi connectivity index (χ3v) is 4.77. The van der Waals surface area contributed by atoms with Crippen molar-refractivity contribution in [2.45, 2.75) is 25.8 Å². The maximum Gasteiger partial charge on any atom is 0.305 e. The lowest BCUT2D eigenvalue weighted by molar-refractivity contribution is -0.138. The van der Waals surface area contributed by atoms with Gasteiger partial charge in [-0.1, -0.05) is 42.2 Å². The Hall–Kier alpha value is -3.63. The van der Waals surface area contributed by atoms with Crippen LogP contribution in [0.15, 0.2) is 48.5 Å². The summed E-state index contributed by atoms with van der Waals surface area (Å²) in [6, 6.07) is 15.3. The van der Waals surface area contributed by atoms with Crippen LogP contribution in [0.1, 0.15) is 36.0 Å². The van der Waals surface area contributed by atoms with Gasteiger partial charge in [0.25, 0.3) is 0 Å². The molecule has 1 aliphatic heterocycles. The first-order valence-electron chi connectivity index (χ1n) is 10.1. The minimum absolute atomic E-state index is 0.0693. The highest BCUT2D eigenvalue weighted by molar-refractivity contribution is 5.95. The molecule has 7 nitrogen and oxygen atoms in total. The van der Waals surface area contributed by atoms with Crippen molar-refractivity contribution >= 4 is 23.5 Å². The highest BCUT2D eigenvalue weighted by Gasteiger charge is 2.21. The first-order chi connectivity index (χ1) is 15.0. The fraction of sp³-hybridized carbons (Fsp3) is 0.292. The SMILES string of the molecule is O=C(O)CCOCCC(=O)NCCC(=O)N1Cc2ccccc2C#Cc2ccccc21. The van der Waals surface area contributed by atoms with Crippen molar-refractivity contribution in [1.82, 2.24) is 5.32 Å². The number of nitrogens with one attached hydrogen (secondary N) is 1. The second-order valence-electron chi connectivity index (χ2n) is 7.01. The van der Waals surface area contributed by atoms with Gasteiger partial charge in [-0.3, -0.25) is 14.4 Å². The molecule has 0 aromatic heterocycles. The number of anilines is 1. The van der Waals surface area contributed by atoms with Crippen LogP contribution >= 0.6 is 0 Å². The number of carbonyl (C=O) groups excluding carboxylic acids is 2. The molecule has 0 bridgehead atoms. The van der Waals surface area contributed by atoms with Crippen molar-refractivity contribution in [3.05, 3.63) is 65.2 Å². The number of carboxylic acid groups (broad SMARTS) is 1. The van der Waals surface area contributed by atoms with E-state index in [2.05, 4.69) is 17.2 Å². The highest BCUT2D eigenvalue weighted by Crippen LogP contribution is 2.25. The zero-order valence-electron chi connectivity index (χ0n) is 17.1. The first-order valence-corrected chi connectivity index (χ1v) is 10.1. The van der Waals surface area contributed by atoms with E-state index in [9.17, 15) is 14.4 Å². The zero-order valence-corrected chi connectivity index (χ0v) is 17.1. The molecular weight excluding hydrogens is 396 g/mol. The number of ether oxygens (including phenoxy) is 1. The molecule has 0 radical (unpaired) electrons. The largest absolute Gasteiger partial charge is 0.481 e. The third-order valence-electron chi connectivity index (χ3n) is 4.77. The highest BCUT2D eigenvalue weighted by atomic mass is 16.5. The van der Waals surface area contributed by atoms with E-state index in [0.717, 1.165) is 22.4 Å². The van der Waals surface area contributed by atoms with Gasteiger partial charge in [-0.25, -0.2) is 0 Å². The van der Waals surface area contributed by atoms with Crippen LogP contribution in [-0.2, 0) is 25.7 Å². The molecule has 0 fully saturated rings. The number of para-hydroxylation sites is 1. The van der Waals surface area contributed by atoms with Crippen molar-refractivity contribution in [3.63, 3.8) is 0 Å². The van der Waals surface area contributed by atoms with Gasteiger partial charge >= 0.3 is 5.97 Å². The van der Waals surface area contributed by atoms with Crippen molar-refractivity contribution in [2.75, 3.05) is 24.7 Å². The Morgan fingerprint density at radius 1 is 0.935 bits per heavy atom. The summed E-state index contributed by atoms with van der Waals surface area (Å²) in [7, 11) is 0. The van der Waals surface area contributed by atoms with Gasteiger partial charge in [-0.15, -0.1) is 0 Å². The Morgan fingerprint density at radius 2 is 1.61 bits per heavy atom. The number of rotatable bonds is 9. The molecule has 0 aliphatic carbocycles. The quantitative estimate of drug-likeness (QED) is 0.480. The summed E-state index contributed by atoms with van der Waals surface area (Å²) in [6.45, 7) is 0.826. The van der Waals surface area contributed by atoms with Crippen LogP contribution in [0.4, 0.5) is 5.69 Å². The lowest BCUT2D eigenvalue weighted by Gasteiger charge is -2.26. The van der Waals surface area contributed by atoms with E-state index in [0.29, 0.717) is 6.54 Å². The molecule has 0 atom stereocenters. The molecule has 2 amide bonds. The number of carboxylic acids is 1. The number of hydrogen-bond donors (Lipinski definition) is 2. The minimum Gasteiger partial charge on any atom is -0.481 e. The molecule has 1 heterocycles. The summed E-state index contributed by atoms with van der Waals surface area (Å²) in [5, 5.41) is 11.3. The number of amides is 2. The summed E-state index contributed by atoms with van der Waals surface area (Å²) in [5.41, 5.74) is 3.41. The molecule has 2 N–H and O–H groups in total. The second-order valence-corrected chi connectivity index (χ2v) is 7.01. The molecule has 0 unspecified atom stereocenters. The molecule has 7 heteroatoms. The molecule has 2 aromatic rings. The fourth-order valence-corrected chi connectivity index (χ4v) is 3.17. The predicted octanol–water partition coefficient (Wildman–Crippen LogP) is 2.32. The summed E-state index contributed by atoms with van der Waals surface area (Å²) >= 11 is 0. The van der Waals surface area contributed by atoms with Crippen LogP contribution in [0, 0.1) is 11.8 Å². The normalized spacial score (nSPS) is 11.8. The fourth-order valence-electron chi connectivity index (χ4n) is 3.17. The smallest absolute Gasteiger partial charge is 0.305 e. The van der Waals surface area contributed by atoms with Gasteiger partial charge in [0.15, 0.2) is 0 Å². The molecular formula is C24H24N2O5. The average molecular weight is 420 g/mol. The van der Waals surface area contributed by atoms with E-state index in [1.807, 2.05) is 48.5 Å². The summed E-state index contributed by atoms with van der Waals surface area (Å²) in [6.07, 6.45) is 0.166. The van der Waals surface area contributed by atoms with E-state index in [4.69, 9.17) is 9.84 Å². The van der Waals surface area contributed by atoms with E-state index < -0.39 is 5.97 Å². The van der Waals surface area contributed by atoms with Gasteiger partial charge < -0.3 is 20.1 Å². The maximum absolute atomic E-state index is 13.0. The minimum atomic E-state index is -0.942. The van der Waals surface area contributed by atoms with Crippen molar-refractivity contribution in [2.24, 2.45) is 0 Å². The number of fused-ring (bicyclic) bond motifs is 2. The van der Waals surface area contributed by atoms with Crippen molar-refractivity contribution < 1.29 is 24.2 Å². The Labute approximate surface area is 181 Å². The predicted molar refractivity (Wildman–Crippen MR) is 115 cm³/mol. The lowest BCUT2D eigenvalue weighted by Crippen LogP contribution is -2.35. The summed E-state index contributed by atoms with van der Waals surface area (Å²) in [5.74, 6) is 5.05. The van der Waals surface area contributed by atoms with Crippen molar-refractivity contribution in [3.8, 4) is 11.8 Å². The van der Waals surface area contributed by atoms with Gasteiger partial charge in [0.1, 0.15) is 0 Å². The summed E-state index contributed by atoms with van der Waals surface area (Å²) in [4.78, 5) is 37.1. The maximum atomic E-state index is 13.0. The molecule has 2 aromatic carbocycles. The van der Waals surface area contributed by atoms with Crippen LogP contribution in [-0.4, -0.2) is 42.6 Å². The Kier molecular flexibility index (Phi) is 7.79. The second kappa shape index (κ2) is 11.0. The number of nitrogens with zero attached hydrogens (tertiary/aromatic N) is 1. The molecule has 31 heavy (non-hydrogen) atoms. The number of aliphatic carboxylic acids is 1. The first kappa shape index (κ1) is 22.1. The van der Waals surface area contributed by atoms with Crippen LogP contribution in [0.2, 0.25) is 0 Å². The van der Waals surface area contributed by atoms with Crippen LogP contribution in [0.25, 0.3) is 0 Å². The van der Waals surface area contributed by atoms with Crippen molar-refractivity contribution in [1.29, 1.82) is 0 Å². The molecule has 0 spiro atoms. The molecule has 1 aliphatic rings. The monoisotopic (exact) mass is 420 g/mol. The van der Waals surface area contributed by atoms with Crippen LogP contribution in [0.5, 0.6) is 0 Å². The van der Waals surface area contributed by atoms with E-state index in [1.54, 1.807) is 4.90 Å².